The molecule has 1 aromatic carbocycles. The van der Waals surface area contributed by atoms with Crippen LogP contribution in [0.2, 0.25) is 0 Å². The third-order valence-electron chi connectivity index (χ3n) is 3.06. The number of ether oxygens (including phenoxy) is 1. The lowest BCUT2D eigenvalue weighted by Gasteiger charge is -2.02. The maximum absolute atomic E-state index is 12.0. The lowest BCUT2D eigenvalue weighted by atomic mass is 10.1. The first kappa shape index (κ1) is 15.3. The molecule has 0 aliphatic carbocycles. The Morgan fingerprint density at radius 2 is 1.95 bits per heavy atom. The molecule has 21 heavy (non-hydrogen) atoms. The maximum atomic E-state index is 12.0. The normalized spacial score (nSPS) is 10.9. The molecular weight excluding hydrogens is 266 g/mol. The van der Waals surface area contributed by atoms with Crippen molar-refractivity contribution in [3.63, 3.8) is 0 Å². The average molecular weight is 287 g/mol. The van der Waals surface area contributed by atoms with Gasteiger partial charge in [-0.1, -0.05) is 31.5 Å². The van der Waals surface area contributed by atoms with Crippen LogP contribution >= 0.6 is 0 Å². The van der Waals surface area contributed by atoms with E-state index in [4.69, 9.17) is 9.15 Å². The van der Waals surface area contributed by atoms with Gasteiger partial charge in [0.15, 0.2) is 0 Å². The van der Waals surface area contributed by atoms with Crippen LogP contribution in [0.1, 0.15) is 42.6 Å². The standard InChI is InChI=1S/C17H21NO3/c1-5-20-17(19)15-14(10-11(2)3)18-16(21-15)13-8-6-12(4)7-9-13/h6-9,11H,5,10H2,1-4H3. The lowest BCUT2D eigenvalue weighted by Crippen LogP contribution is -2.08. The molecular formula is C17H21NO3. The van der Waals surface area contributed by atoms with Crippen LogP contribution in [0.3, 0.4) is 0 Å². The summed E-state index contributed by atoms with van der Waals surface area (Å²) in [6.45, 7) is 8.27. The van der Waals surface area contributed by atoms with Crippen molar-refractivity contribution in [1.29, 1.82) is 0 Å². The van der Waals surface area contributed by atoms with Gasteiger partial charge in [0.1, 0.15) is 0 Å². The third kappa shape index (κ3) is 3.72. The zero-order valence-corrected chi connectivity index (χ0v) is 13.0. The number of oxazole rings is 1. The van der Waals surface area contributed by atoms with Gasteiger partial charge in [-0.05, 0) is 38.3 Å². The van der Waals surface area contributed by atoms with Crippen LogP contribution in [-0.4, -0.2) is 17.6 Å². The molecule has 0 unspecified atom stereocenters. The summed E-state index contributed by atoms with van der Waals surface area (Å²) in [7, 11) is 0. The minimum atomic E-state index is -0.445. The van der Waals surface area contributed by atoms with Crippen LogP contribution in [0.5, 0.6) is 0 Å². The van der Waals surface area contributed by atoms with Crippen LogP contribution in [-0.2, 0) is 11.2 Å². The predicted octanol–water partition coefficient (Wildman–Crippen LogP) is 4.03. The number of hydrogen-bond donors (Lipinski definition) is 0. The zero-order chi connectivity index (χ0) is 15.4. The summed E-state index contributed by atoms with van der Waals surface area (Å²) in [4.78, 5) is 16.5. The number of esters is 1. The summed E-state index contributed by atoms with van der Waals surface area (Å²) in [5.74, 6) is 0.628. The van der Waals surface area contributed by atoms with Crippen molar-refractivity contribution in [2.45, 2.75) is 34.1 Å². The quantitative estimate of drug-likeness (QED) is 0.779. The van der Waals surface area contributed by atoms with E-state index in [-0.39, 0.29) is 5.76 Å². The van der Waals surface area contributed by atoms with Crippen LogP contribution in [0.15, 0.2) is 28.7 Å². The summed E-state index contributed by atoms with van der Waals surface area (Å²) in [6, 6.07) is 7.86. The number of nitrogens with zero attached hydrogens (tertiary/aromatic N) is 1. The van der Waals surface area contributed by atoms with Gasteiger partial charge >= 0.3 is 5.97 Å². The molecule has 0 aliphatic rings. The number of carbonyl (C=O) groups is 1. The molecule has 0 aliphatic heterocycles. The van der Waals surface area contributed by atoms with Crippen molar-refractivity contribution in [3.05, 3.63) is 41.3 Å². The number of hydrogen-bond acceptors (Lipinski definition) is 4. The number of aromatic nitrogens is 1. The van der Waals surface area contributed by atoms with E-state index in [9.17, 15) is 4.79 Å². The van der Waals surface area contributed by atoms with E-state index in [1.165, 1.54) is 5.56 Å². The third-order valence-corrected chi connectivity index (χ3v) is 3.06. The van der Waals surface area contributed by atoms with E-state index in [0.717, 1.165) is 5.56 Å². The molecule has 0 N–H and O–H groups in total. The Hall–Kier alpha value is -2.10. The van der Waals surface area contributed by atoms with Gasteiger partial charge in [0.2, 0.25) is 11.7 Å². The van der Waals surface area contributed by atoms with Gasteiger partial charge in [0.25, 0.3) is 0 Å². The average Bonchev–Trinajstić information content (AvgIpc) is 2.83. The van der Waals surface area contributed by atoms with E-state index in [1.807, 2.05) is 31.2 Å². The molecule has 112 valence electrons. The van der Waals surface area contributed by atoms with Crippen LogP contribution < -0.4 is 0 Å². The number of carbonyl (C=O) groups excluding carboxylic acids is 1. The Labute approximate surface area is 125 Å². The van der Waals surface area contributed by atoms with E-state index >= 15 is 0 Å². The fourth-order valence-electron chi connectivity index (χ4n) is 2.05. The molecule has 2 aromatic rings. The fourth-order valence-corrected chi connectivity index (χ4v) is 2.05. The Kier molecular flexibility index (Phi) is 4.78. The smallest absolute Gasteiger partial charge is 0.376 e. The first-order valence-corrected chi connectivity index (χ1v) is 7.25. The van der Waals surface area contributed by atoms with Gasteiger partial charge in [-0.15, -0.1) is 0 Å². The minimum Gasteiger partial charge on any atom is -0.460 e. The second-order valence-electron chi connectivity index (χ2n) is 5.48. The van der Waals surface area contributed by atoms with E-state index in [1.54, 1.807) is 6.92 Å². The van der Waals surface area contributed by atoms with Crippen LogP contribution in [0.4, 0.5) is 0 Å². The highest BCUT2D eigenvalue weighted by Gasteiger charge is 2.22. The molecule has 0 saturated carbocycles. The highest BCUT2D eigenvalue weighted by molar-refractivity contribution is 5.88. The molecule has 1 aromatic heterocycles. The first-order valence-electron chi connectivity index (χ1n) is 7.25. The van der Waals surface area contributed by atoms with Gasteiger partial charge in [-0.25, -0.2) is 9.78 Å². The molecule has 0 amide bonds. The Balaban J connectivity index is 2.39. The molecule has 4 heteroatoms. The van der Waals surface area contributed by atoms with Crippen molar-refractivity contribution in [3.8, 4) is 11.5 Å². The lowest BCUT2D eigenvalue weighted by molar-refractivity contribution is 0.0489. The molecule has 0 spiro atoms. The van der Waals surface area contributed by atoms with Crippen molar-refractivity contribution in [2.24, 2.45) is 5.92 Å². The molecule has 0 saturated heterocycles. The van der Waals surface area contributed by atoms with Gasteiger partial charge in [0.05, 0.1) is 12.3 Å². The van der Waals surface area contributed by atoms with E-state index < -0.39 is 5.97 Å². The summed E-state index contributed by atoms with van der Waals surface area (Å²) < 4.78 is 10.7. The molecule has 1 heterocycles. The Morgan fingerprint density at radius 3 is 2.52 bits per heavy atom. The van der Waals surface area contributed by atoms with Crippen LogP contribution in [0, 0.1) is 12.8 Å². The Morgan fingerprint density at radius 1 is 1.29 bits per heavy atom. The monoisotopic (exact) mass is 287 g/mol. The molecule has 4 nitrogen and oxygen atoms in total. The number of aryl methyl sites for hydroxylation is 1. The van der Waals surface area contributed by atoms with Gasteiger partial charge < -0.3 is 9.15 Å². The van der Waals surface area contributed by atoms with Gasteiger partial charge in [0, 0.05) is 5.56 Å². The predicted molar refractivity (Wildman–Crippen MR) is 81.2 cm³/mol. The highest BCUT2D eigenvalue weighted by atomic mass is 16.5. The second-order valence-corrected chi connectivity index (χ2v) is 5.48. The maximum Gasteiger partial charge on any atom is 0.376 e. The topological polar surface area (TPSA) is 52.3 Å². The summed E-state index contributed by atoms with van der Waals surface area (Å²) >= 11 is 0. The van der Waals surface area contributed by atoms with E-state index in [0.29, 0.717) is 30.5 Å². The Bertz CT molecular complexity index is 611. The summed E-state index contributed by atoms with van der Waals surface area (Å²) in [5.41, 5.74) is 2.69. The van der Waals surface area contributed by atoms with Crippen molar-refractivity contribution in [1.82, 2.24) is 4.98 Å². The number of rotatable bonds is 5. The van der Waals surface area contributed by atoms with E-state index in [2.05, 4.69) is 18.8 Å². The number of benzene rings is 1. The molecule has 0 radical (unpaired) electrons. The molecule has 2 rings (SSSR count). The largest absolute Gasteiger partial charge is 0.460 e. The minimum absolute atomic E-state index is 0.223. The molecule has 0 atom stereocenters. The fraction of sp³-hybridized carbons (Fsp3) is 0.412. The molecule has 0 fully saturated rings. The van der Waals surface area contributed by atoms with Crippen molar-refractivity contribution in [2.75, 3.05) is 6.61 Å². The summed E-state index contributed by atoms with van der Waals surface area (Å²) in [5, 5.41) is 0. The van der Waals surface area contributed by atoms with Crippen molar-refractivity contribution < 1.29 is 13.9 Å². The van der Waals surface area contributed by atoms with Crippen molar-refractivity contribution >= 4 is 5.97 Å². The first-order chi connectivity index (χ1) is 10.0. The second kappa shape index (κ2) is 6.57. The zero-order valence-electron chi connectivity index (χ0n) is 13.0. The summed E-state index contributed by atoms with van der Waals surface area (Å²) in [6.07, 6.45) is 0.684. The highest BCUT2D eigenvalue weighted by Crippen LogP contribution is 2.24. The van der Waals surface area contributed by atoms with Gasteiger partial charge in [-0.3, -0.25) is 0 Å². The SMILES string of the molecule is CCOC(=O)c1oc(-c2ccc(C)cc2)nc1CC(C)C. The molecule has 0 bridgehead atoms. The van der Waals surface area contributed by atoms with Crippen LogP contribution in [0.25, 0.3) is 11.5 Å². The van der Waals surface area contributed by atoms with Gasteiger partial charge in [-0.2, -0.15) is 0 Å².